The molecule has 0 spiro atoms. The van der Waals surface area contributed by atoms with Crippen molar-refractivity contribution >= 4 is 0 Å². The molecule has 106 valence electrons. The summed E-state index contributed by atoms with van der Waals surface area (Å²) >= 11 is 0. The normalized spacial score (nSPS) is 25.0. The molecule has 3 unspecified atom stereocenters. The SMILES string of the molecule is CCC(NC1CCCC(C)C1)c1ccc(OC)cc1. The van der Waals surface area contributed by atoms with E-state index in [1.54, 1.807) is 7.11 Å². The number of hydrogen-bond donors (Lipinski definition) is 1. The minimum absolute atomic E-state index is 0.473. The highest BCUT2D eigenvalue weighted by Crippen LogP contribution is 2.27. The Kier molecular flexibility index (Phi) is 5.26. The molecule has 0 amide bonds. The topological polar surface area (TPSA) is 21.3 Å². The monoisotopic (exact) mass is 261 g/mol. The summed E-state index contributed by atoms with van der Waals surface area (Å²) in [7, 11) is 1.72. The van der Waals surface area contributed by atoms with Gasteiger partial charge in [-0.1, -0.05) is 38.8 Å². The van der Waals surface area contributed by atoms with Crippen molar-refractivity contribution in [3.63, 3.8) is 0 Å². The molecule has 1 aliphatic carbocycles. The molecular weight excluding hydrogens is 234 g/mol. The predicted molar refractivity (Wildman–Crippen MR) is 80.6 cm³/mol. The van der Waals surface area contributed by atoms with Crippen molar-refractivity contribution < 1.29 is 4.74 Å². The summed E-state index contributed by atoms with van der Waals surface area (Å²) in [6.45, 7) is 4.64. The van der Waals surface area contributed by atoms with Crippen molar-refractivity contribution in [1.29, 1.82) is 0 Å². The second-order valence-corrected chi connectivity index (χ2v) is 5.87. The maximum Gasteiger partial charge on any atom is 0.118 e. The Morgan fingerprint density at radius 3 is 2.58 bits per heavy atom. The third-order valence-electron chi connectivity index (χ3n) is 4.30. The maximum absolute atomic E-state index is 5.23. The first-order valence-corrected chi connectivity index (χ1v) is 7.63. The van der Waals surface area contributed by atoms with Crippen LogP contribution in [0.4, 0.5) is 0 Å². The summed E-state index contributed by atoms with van der Waals surface area (Å²) in [5.41, 5.74) is 1.38. The van der Waals surface area contributed by atoms with E-state index in [2.05, 4.69) is 43.4 Å². The van der Waals surface area contributed by atoms with Crippen LogP contribution >= 0.6 is 0 Å². The van der Waals surface area contributed by atoms with E-state index in [1.807, 2.05) is 0 Å². The molecule has 0 heterocycles. The number of ether oxygens (including phenoxy) is 1. The zero-order valence-electron chi connectivity index (χ0n) is 12.5. The fourth-order valence-electron chi connectivity index (χ4n) is 3.16. The zero-order chi connectivity index (χ0) is 13.7. The van der Waals surface area contributed by atoms with E-state index in [1.165, 1.54) is 31.2 Å². The molecule has 1 aromatic rings. The fraction of sp³-hybridized carbons (Fsp3) is 0.647. The summed E-state index contributed by atoms with van der Waals surface area (Å²) in [4.78, 5) is 0. The lowest BCUT2D eigenvalue weighted by Crippen LogP contribution is -2.36. The smallest absolute Gasteiger partial charge is 0.118 e. The summed E-state index contributed by atoms with van der Waals surface area (Å²) in [5.74, 6) is 1.81. The quantitative estimate of drug-likeness (QED) is 0.852. The van der Waals surface area contributed by atoms with E-state index in [0.29, 0.717) is 12.1 Å². The Morgan fingerprint density at radius 2 is 2.00 bits per heavy atom. The number of nitrogens with one attached hydrogen (secondary N) is 1. The second kappa shape index (κ2) is 6.95. The number of benzene rings is 1. The van der Waals surface area contributed by atoms with E-state index in [4.69, 9.17) is 4.74 Å². The van der Waals surface area contributed by atoms with Crippen LogP contribution in [0.5, 0.6) is 5.75 Å². The standard InChI is InChI=1S/C17H27NO/c1-4-17(14-8-10-16(19-3)11-9-14)18-15-7-5-6-13(2)12-15/h8-11,13,15,17-18H,4-7,12H2,1-3H3. The summed E-state index contributed by atoms with van der Waals surface area (Å²) < 4.78 is 5.23. The van der Waals surface area contributed by atoms with Gasteiger partial charge in [0.1, 0.15) is 5.75 Å². The van der Waals surface area contributed by atoms with Gasteiger partial charge in [-0.3, -0.25) is 0 Å². The van der Waals surface area contributed by atoms with Crippen LogP contribution in [0.2, 0.25) is 0 Å². The molecule has 2 nitrogen and oxygen atoms in total. The Hall–Kier alpha value is -1.02. The van der Waals surface area contributed by atoms with Crippen molar-refractivity contribution in [2.24, 2.45) is 5.92 Å². The zero-order valence-corrected chi connectivity index (χ0v) is 12.5. The largest absolute Gasteiger partial charge is 0.497 e. The highest BCUT2D eigenvalue weighted by molar-refractivity contribution is 5.29. The van der Waals surface area contributed by atoms with Crippen LogP contribution in [-0.4, -0.2) is 13.2 Å². The Balaban J connectivity index is 1.98. The van der Waals surface area contributed by atoms with Crippen LogP contribution in [-0.2, 0) is 0 Å². The van der Waals surface area contributed by atoms with E-state index in [-0.39, 0.29) is 0 Å². The summed E-state index contributed by atoms with van der Waals surface area (Å²) in [6, 6.07) is 9.65. The molecule has 19 heavy (non-hydrogen) atoms. The van der Waals surface area contributed by atoms with Crippen molar-refractivity contribution in [2.45, 2.75) is 58.0 Å². The predicted octanol–water partition coefficient (Wildman–Crippen LogP) is 4.31. The average molecular weight is 261 g/mol. The minimum Gasteiger partial charge on any atom is -0.497 e. The number of hydrogen-bond acceptors (Lipinski definition) is 2. The molecule has 1 N–H and O–H groups in total. The van der Waals surface area contributed by atoms with Gasteiger partial charge in [-0.2, -0.15) is 0 Å². The first-order valence-electron chi connectivity index (χ1n) is 7.63. The Morgan fingerprint density at radius 1 is 1.26 bits per heavy atom. The van der Waals surface area contributed by atoms with E-state index >= 15 is 0 Å². The average Bonchev–Trinajstić information content (AvgIpc) is 2.45. The molecule has 1 aromatic carbocycles. The maximum atomic E-state index is 5.23. The van der Waals surface area contributed by atoms with Gasteiger partial charge in [0.25, 0.3) is 0 Å². The van der Waals surface area contributed by atoms with Crippen LogP contribution < -0.4 is 10.1 Å². The van der Waals surface area contributed by atoms with Crippen LogP contribution in [0, 0.1) is 5.92 Å². The van der Waals surface area contributed by atoms with Gasteiger partial charge in [0.2, 0.25) is 0 Å². The van der Waals surface area contributed by atoms with Crippen LogP contribution in [0.15, 0.2) is 24.3 Å². The third kappa shape index (κ3) is 3.97. The van der Waals surface area contributed by atoms with Gasteiger partial charge in [0.05, 0.1) is 7.11 Å². The van der Waals surface area contributed by atoms with Crippen molar-refractivity contribution in [1.82, 2.24) is 5.32 Å². The highest BCUT2D eigenvalue weighted by atomic mass is 16.5. The lowest BCUT2D eigenvalue weighted by Gasteiger charge is -2.31. The lowest BCUT2D eigenvalue weighted by molar-refractivity contribution is 0.278. The Labute approximate surface area is 117 Å². The third-order valence-corrected chi connectivity index (χ3v) is 4.30. The van der Waals surface area contributed by atoms with Gasteiger partial charge in [-0.05, 0) is 42.9 Å². The summed E-state index contributed by atoms with van der Waals surface area (Å²) in [6.07, 6.45) is 6.57. The van der Waals surface area contributed by atoms with Crippen molar-refractivity contribution in [3.8, 4) is 5.75 Å². The molecule has 2 rings (SSSR count). The summed E-state index contributed by atoms with van der Waals surface area (Å²) in [5, 5.41) is 3.85. The van der Waals surface area contributed by atoms with Crippen LogP contribution in [0.3, 0.4) is 0 Å². The van der Waals surface area contributed by atoms with E-state index in [9.17, 15) is 0 Å². The number of methoxy groups -OCH3 is 1. The molecular formula is C17H27NO. The van der Waals surface area contributed by atoms with Gasteiger partial charge in [-0.15, -0.1) is 0 Å². The van der Waals surface area contributed by atoms with Crippen molar-refractivity contribution in [3.05, 3.63) is 29.8 Å². The molecule has 1 saturated carbocycles. The first-order chi connectivity index (χ1) is 9.22. The highest BCUT2D eigenvalue weighted by Gasteiger charge is 2.21. The molecule has 3 atom stereocenters. The van der Waals surface area contributed by atoms with Crippen LogP contribution in [0.25, 0.3) is 0 Å². The lowest BCUT2D eigenvalue weighted by atomic mass is 9.86. The van der Waals surface area contributed by atoms with Crippen LogP contribution in [0.1, 0.15) is 57.6 Å². The van der Waals surface area contributed by atoms with E-state index in [0.717, 1.165) is 18.1 Å². The molecule has 2 heteroatoms. The molecule has 1 aliphatic rings. The van der Waals surface area contributed by atoms with Crippen molar-refractivity contribution in [2.75, 3.05) is 7.11 Å². The van der Waals surface area contributed by atoms with Gasteiger partial charge in [0, 0.05) is 12.1 Å². The first kappa shape index (κ1) is 14.4. The number of rotatable bonds is 5. The van der Waals surface area contributed by atoms with Gasteiger partial charge >= 0.3 is 0 Å². The molecule has 1 fully saturated rings. The Bertz CT molecular complexity index is 373. The second-order valence-electron chi connectivity index (χ2n) is 5.87. The minimum atomic E-state index is 0.473. The molecule has 0 aromatic heterocycles. The molecule has 0 aliphatic heterocycles. The van der Waals surface area contributed by atoms with Gasteiger partial charge in [0.15, 0.2) is 0 Å². The molecule has 0 bridgehead atoms. The molecule has 0 radical (unpaired) electrons. The fourth-order valence-corrected chi connectivity index (χ4v) is 3.16. The van der Waals surface area contributed by atoms with E-state index < -0.39 is 0 Å². The van der Waals surface area contributed by atoms with Gasteiger partial charge < -0.3 is 10.1 Å². The van der Waals surface area contributed by atoms with Gasteiger partial charge in [-0.25, -0.2) is 0 Å². The molecule has 0 saturated heterocycles.